The smallest absolute Gasteiger partial charge is 0.0884 e. The van der Waals surface area contributed by atoms with Crippen molar-refractivity contribution in [3.05, 3.63) is 59.5 Å². The Morgan fingerprint density at radius 3 is 2.80 bits per heavy atom. The Kier molecular flexibility index (Phi) is 3.22. The fraction of sp³-hybridized carbons (Fsp3) is 0.200. The van der Waals surface area contributed by atoms with Crippen LogP contribution >= 0.6 is 0 Å². The van der Waals surface area contributed by atoms with Crippen LogP contribution < -0.4 is 11.3 Å². The molecule has 0 bridgehead atoms. The predicted octanol–water partition coefficient (Wildman–Crippen LogP) is 1.83. The highest BCUT2D eigenvalue weighted by Gasteiger charge is 2.19. The number of nitrogens with two attached hydrogens (primary N) is 1. The lowest BCUT2D eigenvalue weighted by molar-refractivity contribution is 0.577. The Balaban J connectivity index is 2.19. The average molecular weight is 267 g/mol. The van der Waals surface area contributed by atoms with Crippen LogP contribution in [0.4, 0.5) is 0 Å². The molecule has 5 heteroatoms. The monoisotopic (exact) mass is 267 g/mol. The van der Waals surface area contributed by atoms with Gasteiger partial charge in [0.15, 0.2) is 0 Å². The Morgan fingerprint density at radius 1 is 1.25 bits per heavy atom. The first-order valence-electron chi connectivity index (χ1n) is 6.51. The van der Waals surface area contributed by atoms with Crippen molar-refractivity contribution in [2.24, 2.45) is 12.9 Å². The molecular weight excluding hydrogens is 250 g/mol. The van der Waals surface area contributed by atoms with Gasteiger partial charge in [-0.2, -0.15) is 5.10 Å². The zero-order chi connectivity index (χ0) is 14.1. The van der Waals surface area contributed by atoms with Crippen LogP contribution in [0, 0.1) is 6.92 Å². The van der Waals surface area contributed by atoms with Gasteiger partial charge in [0.1, 0.15) is 0 Å². The standard InChI is InChI=1S/C15H17N5/c1-10-9-14(20(2)19-10)15(18-16)12-5-3-7-13-11(12)6-4-8-17-13/h3-9,15,18H,16H2,1-2H3. The van der Waals surface area contributed by atoms with Gasteiger partial charge in [-0.3, -0.25) is 15.5 Å². The highest BCUT2D eigenvalue weighted by atomic mass is 15.3. The molecule has 5 nitrogen and oxygen atoms in total. The van der Waals surface area contributed by atoms with E-state index in [0.29, 0.717) is 0 Å². The SMILES string of the molecule is Cc1cc(C(NN)c2cccc3ncccc23)n(C)n1. The van der Waals surface area contributed by atoms with Crippen LogP contribution in [0.1, 0.15) is 23.0 Å². The zero-order valence-corrected chi connectivity index (χ0v) is 11.5. The van der Waals surface area contributed by atoms with Gasteiger partial charge in [0.25, 0.3) is 0 Å². The number of fused-ring (bicyclic) bond motifs is 1. The summed E-state index contributed by atoms with van der Waals surface area (Å²) < 4.78 is 1.86. The van der Waals surface area contributed by atoms with E-state index in [-0.39, 0.29) is 6.04 Å². The maximum atomic E-state index is 5.79. The minimum Gasteiger partial charge on any atom is -0.271 e. The van der Waals surface area contributed by atoms with Crippen molar-refractivity contribution in [2.45, 2.75) is 13.0 Å². The van der Waals surface area contributed by atoms with Gasteiger partial charge >= 0.3 is 0 Å². The predicted molar refractivity (Wildman–Crippen MR) is 78.9 cm³/mol. The van der Waals surface area contributed by atoms with Gasteiger partial charge in [-0.15, -0.1) is 0 Å². The summed E-state index contributed by atoms with van der Waals surface area (Å²) in [6.45, 7) is 1.97. The third kappa shape index (κ3) is 2.07. The number of rotatable bonds is 3. The molecule has 3 rings (SSSR count). The average Bonchev–Trinajstić information content (AvgIpc) is 2.79. The molecule has 3 N–H and O–H groups in total. The van der Waals surface area contributed by atoms with E-state index >= 15 is 0 Å². The molecule has 1 aromatic carbocycles. The molecule has 0 aliphatic heterocycles. The molecule has 0 spiro atoms. The van der Waals surface area contributed by atoms with Gasteiger partial charge in [-0.1, -0.05) is 18.2 Å². The lowest BCUT2D eigenvalue weighted by Gasteiger charge is -2.18. The molecule has 0 amide bonds. The number of pyridine rings is 1. The first kappa shape index (κ1) is 12.8. The maximum absolute atomic E-state index is 5.79. The summed E-state index contributed by atoms with van der Waals surface area (Å²) >= 11 is 0. The third-order valence-electron chi connectivity index (χ3n) is 3.49. The second-order valence-corrected chi connectivity index (χ2v) is 4.85. The molecule has 0 aliphatic carbocycles. The molecule has 1 atom stereocenters. The van der Waals surface area contributed by atoms with E-state index in [2.05, 4.69) is 27.6 Å². The largest absolute Gasteiger partial charge is 0.271 e. The van der Waals surface area contributed by atoms with E-state index < -0.39 is 0 Å². The van der Waals surface area contributed by atoms with Crippen molar-refractivity contribution in [3.8, 4) is 0 Å². The molecule has 2 aromatic heterocycles. The molecule has 2 heterocycles. The number of hydrogen-bond acceptors (Lipinski definition) is 4. The number of aromatic nitrogens is 3. The van der Waals surface area contributed by atoms with Crippen LogP contribution in [0.25, 0.3) is 10.9 Å². The molecule has 0 saturated heterocycles. The second kappa shape index (κ2) is 5.03. The molecule has 0 aliphatic rings. The van der Waals surface area contributed by atoms with Crippen molar-refractivity contribution in [2.75, 3.05) is 0 Å². The highest BCUT2D eigenvalue weighted by Crippen LogP contribution is 2.27. The van der Waals surface area contributed by atoms with Crippen LogP contribution in [-0.4, -0.2) is 14.8 Å². The van der Waals surface area contributed by atoms with E-state index in [1.807, 2.05) is 42.9 Å². The lowest BCUT2D eigenvalue weighted by atomic mass is 9.99. The number of aryl methyl sites for hydroxylation is 2. The summed E-state index contributed by atoms with van der Waals surface area (Å²) in [5, 5.41) is 5.49. The Bertz CT molecular complexity index is 742. The summed E-state index contributed by atoms with van der Waals surface area (Å²) in [5.41, 5.74) is 6.96. The third-order valence-corrected chi connectivity index (χ3v) is 3.49. The van der Waals surface area contributed by atoms with Crippen molar-refractivity contribution in [3.63, 3.8) is 0 Å². The number of hydrogen-bond donors (Lipinski definition) is 2. The normalized spacial score (nSPS) is 12.8. The van der Waals surface area contributed by atoms with Crippen LogP contribution in [0.5, 0.6) is 0 Å². The fourth-order valence-electron chi connectivity index (χ4n) is 2.61. The van der Waals surface area contributed by atoms with Crippen LogP contribution in [-0.2, 0) is 7.05 Å². The van der Waals surface area contributed by atoms with Gasteiger partial charge in [0.2, 0.25) is 0 Å². The maximum Gasteiger partial charge on any atom is 0.0884 e. The summed E-state index contributed by atoms with van der Waals surface area (Å²) in [6, 6.07) is 12.0. The Labute approximate surface area is 117 Å². The van der Waals surface area contributed by atoms with Gasteiger partial charge < -0.3 is 0 Å². The molecule has 102 valence electrons. The van der Waals surface area contributed by atoms with Crippen LogP contribution in [0.2, 0.25) is 0 Å². The lowest BCUT2D eigenvalue weighted by Crippen LogP contribution is -2.30. The molecule has 1 unspecified atom stereocenters. The van der Waals surface area contributed by atoms with Gasteiger partial charge in [0.05, 0.1) is 22.9 Å². The minimum atomic E-state index is -0.117. The van der Waals surface area contributed by atoms with Crippen LogP contribution in [0.15, 0.2) is 42.6 Å². The summed E-state index contributed by atoms with van der Waals surface area (Å²) in [7, 11) is 1.93. The fourth-order valence-corrected chi connectivity index (χ4v) is 2.61. The minimum absolute atomic E-state index is 0.117. The molecule has 20 heavy (non-hydrogen) atoms. The quantitative estimate of drug-likeness (QED) is 0.561. The molecular formula is C15H17N5. The molecule has 0 fully saturated rings. The van der Waals surface area contributed by atoms with E-state index in [1.165, 1.54) is 0 Å². The van der Waals surface area contributed by atoms with E-state index in [1.54, 1.807) is 6.20 Å². The zero-order valence-electron chi connectivity index (χ0n) is 11.5. The van der Waals surface area contributed by atoms with E-state index in [9.17, 15) is 0 Å². The van der Waals surface area contributed by atoms with Crippen molar-refractivity contribution < 1.29 is 0 Å². The van der Waals surface area contributed by atoms with Crippen molar-refractivity contribution in [1.82, 2.24) is 20.2 Å². The number of nitrogens with zero attached hydrogens (tertiary/aromatic N) is 3. The second-order valence-electron chi connectivity index (χ2n) is 4.85. The topological polar surface area (TPSA) is 68.8 Å². The Morgan fingerprint density at radius 2 is 2.10 bits per heavy atom. The van der Waals surface area contributed by atoms with Gasteiger partial charge in [-0.05, 0) is 30.7 Å². The van der Waals surface area contributed by atoms with Crippen LogP contribution in [0.3, 0.4) is 0 Å². The molecule has 0 saturated carbocycles. The number of nitrogens with one attached hydrogen (secondary N) is 1. The van der Waals surface area contributed by atoms with Gasteiger partial charge in [0, 0.05) is 18.6 Å². The van der Waals surface area contributed by atoms with E-state index in [4.69, 9.17) is 5.84 Å². The first-order chi connectivity index (χ1) is 9.70. The van der Waals surface area contributed by atoms with E-state index in [0.717, 1.165) is 27.9 Å². The number of hydrazine groups is 1. The summed E-state index contributed by atoms with van der Waals surface area (Å²) in [6.07, 6.45) is 1.80. The molecule has 0 radical (unpaired) electrons. The summed E-state index contributed by atoms with van der Waals surface area (Å²) in [4.78, 5) is 4.39. The number of benzene rings is 1. The van der Waals surface area contributed by atoms with Crippen molar-refractivity contribution >= 4 is 10.9 Å². The van der Waals surface area contributed by atoms with Gasteiger partial charge in [-0.25, -0.2) is 5.43 Å². The van der Waals surface area contributed by atoms with Crippen molar-refractivity contribution in [1.29, 1.82) is 0 Å². The highest BCUT2D eigenvalue weighted by molar-refractivity contribution is 5.82. The summed E-state index contributed by atoms with van der Waals surface area (Å²) in [5.74, 6) is 5.79. The first-order valence-corrected chi connectivity index (χ1v) is 6.51. The molecule has 3 aromatic rings. The Hall–Kier alpha value is -2.24.